The molecule has 9 nitrogen and oxygen atoms in total. The lowest BCUT2D eigenvalue weighted by atomic mass is 10.1. The zero-order chi connectivity index (χ0) is 22.0. The van der Waals surface area contributed by atoms with Crippen LogP contribution in [0, 0.1) is 0 Å². The molecule has 9 heteroatoms. The number of carbonyl (C=O) groups excluding carboxylic acids is 1. The van der Waals surface area contributed by atoms with Gasteiger partial charge in [-0.1, -0.05) is 0 Å². The number of methoxy groups -OCH3 is 1. The maximum absolute atomic E-state index is 12.5. The highest BCUT2D eigenvalue weighted by atomic mass is 16.5. The Labute approximate surface area is 177 Å². The fraction of sp³-hybridized carbons (Fsp3) is 0.136. The smallest absolute Gasteiger partial charge is 0.347 e. The molecular weight excluding hydrogens is 402 g/mol. The second kappa shape index (κ2) is 8.23. The Morgan fingerprint density at radius 3 is 2.87 bits per heavy atom. The number of ether oxygens (including phenoxy) is 2. The third kappa shape index (κ3) is 3.80. The number of hydrogen-bond acceptors (Lipinski definition) is 9. The van der Waals surface area contributed by atoms with E-state index in [4.69, 9.17) is 13.9 Å². The zero-order valence-electron chi connectivity index (χ0n) is 16.7. The van der Waals surface area contributed by atoms with Crippen LogP contribution in [0.15, 0.2) is 45.9 Å². The van der Waals surface area contributed by atoms with Crippen molar-refractivity contribution < 1.29 is 28.9 Å². The van der Waals surface area contributed by atoms with Gasteiger partial charge in [0.2, 0.25) is 5.88 Å². The van der Waals surface area contributed by atoms with Crippen molar-refractivity contribution in [2.45, 2.75) is 6.92 Å². The van der Waals surface area contributed by atoms with Crippen LogP contribution in [-0.2, 0) is 4.74 Å². The topological polar surface area (TPSA) is 126 Å². The molecule has 3 N–H and O–H groups in total. The highest BCUT2D eigenvalue weighted by Gasteiger charge is 2.27. The lowest BCUT2D eigenvalue weighted by Gasteiger charge is -2.09. The summed E-state index contributed by atoms with van der Waals surface area (Å²) in [5.41, 5.74) is 1.47. The van der Waals surface area contributed by atoms with E-state index in [1.165, 1.54) is 13.2 Å². The highest BCUT2D eigenvalue weighted by molar-refractivity contribution is 6.21. The average Bonchev–Trinajstić information content (AvgIpc) is 3.31. The summed E-state index contributed by atoms with van der Waals surface area (Å²) in [6.07, 6.45) is 4.77. The summed E-state index contributed by atoms with van der Waals surface area (Å²) in [5, 5.41) is 23.8. The van der Waals surface area contributed by atoms with Crippen LogP contribution in [0.1, 0.15) is 28.6 Å². The number of nitrogens with zero attached hydrogens (tertiary/aromatic N) is 2. The van der Waals surface area contributed by atoms with Gasteiger partial charge in [-0.2, -0.15) is 0 Å². The maximum Gasteiger partial charge on any atom is 0.347 e. The van der Waals surface area contributed by atoms with Gasteiger partial charge < -0.3 is 29.4 Å². The van der Waals surface area contributed by atoms with E-state index in [9.17, 15) is 15.0 Å². The van der Waals surface area contributed by atoms with Crippen molar-refractivity contribution in [3.63, 3.8) is 0 Å². The Morgan fingerprint density at radius 1 is 1.29 bits per heavy atom. The van der Waals surface area contributed by atoms with Crippen LogP contribution in [0.4, 0.5) is 17.4 Å². The number of phenols is 1. The summed E-state index contributed by atoms with van der Waals surface area (Å²) in [5.74, 6) is -0.353. The molecule has 0 aliphatic carbocycles. The van der Waals surface area contributed by atoms with E-state index in [1.807, 2.05) is 6.07 Å². The minimum Gasteiger partial charge on any atom is -0.506 e. The van der Waals surface area contributed by atoms with Gasteiger partial charge in [0.05, 0.1) is 19.4 Å². The number of anilines is 2. The first-order valence-electron chi connectivity index (χ1n) is 9.39. The predicted molar refractivity (Wildman–Crippen MR) is 115 cm³/mol. The van der Waals surface area contributed by atoms with Crippen LogP contribution in [0.2, 0.25) is 0 Å². The highest BCUT2D eigenvalue weighted by Crippen LogP contribution is 2.40. The molecule has 0 unspecified atom stereocenters. The first-order valence-corrected chi connectivity index (χ1v) is 9.39. The number of fused-ring (bicyclic) bond motifs is 1. The van der Waals surface area contributed by atoms with Crippen LogP contribution in [0.25, 0.3) is 11.6 Å². The molecule has 0 radical (unpaired) electrons. The second-order valence-electron chi connectivity index (χ2n) is 6.48. The van der Waals surface area contributed by atoms with Crippen LogP contribution >= 0.6 is 0 Å². The fourth-order valence-corrected chi connectivity index (χ4v) is 3.07. The van der Waals surface area contributed by atoms with Gasteiger partial charge in [-0.05, 0) is 37.3 Å². The van der Waals surface area contributed by atoms with Gasteiger partial charge in [0.15, 0.2) is 22.9 Å². The van der Waals surface area contributed by atoms with Crippen LogP contribution in [0.3, 0.4) is 0 Å². The lowest BCUT2D eigenvalue weighted by molar-refractivity contribution is 0.0524. The monoisotopic (exact) mass is 421 g/mol. The summed E-state index contributed by atoms with van der Waals surface area (Å²) in [6, 6.07) is 8.18. The summed E-state index contributed by atoms with van der Waals surface area (Å²) < 4.78 is 15.9. The molecule has 0 amide bonds. The molecule has 158 valence electrons. The van der Waals surface area contributed by atoms with Crippen molar-refractivity contribution in [3.05, 3.63) is 53.4 Å². The number of esters is 1. The Bertz CT molecular complexity index is 1210. The molecule has 0 bridgehead atoms. The number of carbonyl (C=O) groups is 1. The number of pyridine rings is 1. The maximum atomic E-state index is 12.5. The van der Waals surface area contributed by atoms with Crippen LogP contribution in [0.5, 0.6) is 17.2 Å². The van der Waals surface area contributed by atoms with E-state index in [-0.39, 0.29) is 35.3 Å². The van der Waals surface area contributed by atoms with Crippen molar-refractivity contribution in [2.75, 3.05) is 19.0 Å². The molecular formula is C22H19N3O6. The van der Waals surface area contributed by atoms with E-state index in [0.717, 1.165) is 5.56 Å². The molecule has 1 aromatic carbocycles. The van der Waals surface area contributed by atoms with Gasteiger partial charge in [0, 0.05) is 29.6 Å². The number of hydrogen-bond donors (Lipinski definition) is 3. The second-order valence-corrected chi connectivity index (χ2v) is 6.48. The van der Waals surface area contributed by atoms with Crippen LogP contribution in [-0.4, -0.2) is 41.1 Å². The fourth-order valence-electron chi connectivity index (χ4n) is 3.07. The summed E-state index contributed by atoms with van der Waals surface area (Å²) in [6.45, 7) is 1.76. The molecule has 1 aliphatic heterocycles. The number of aromatic hydroxyl groups is 2. The standard InChI is InChI=1S/C22H19N3O6/c1-3-30-22(28)18-19(27)17(9-12-11-24-20-14(12)5-4-8-23-20)31-21(18)25-15-7-6-13(29-2)10-16(15)26/h4-11,25-27H,3H2,1-2H3. The average molecular weight is 421 g/mol. The Hall–Kier alpha value is -4.27. The molecule has 0 spiro atoms. The number of nitrogens with one attached hydrogen (secondary N) is 1. The lowest BCUT2D eigenvalue weighted by Crippen LogP contribution is -2.06. The summed E-state index contributed by atoms with van der Waals surface area (Å²) in [4.78, 5) is 20.9. The number of aliphatic imine (C=N–C) groups is 1. The summed E-state index contributed by atoms with van der Waals surface area (Å²) in [7, 11) is 1.48. The Balaban J connectivity index is 1.76. The SMILES string of the molecule is CCOC(=O)c1c(Nc2ccc(OC)cc2O)oc(C=C2C=Nc3ncccc32)c1O. The Kier molecular flexibility index (Phi) is 5.31. The van der Waals surface area contributed by atoms with E-state index >= 15 is 0 Å². The zero-order valence-corrected chi connectivity index (χ0v) is 16.7. The Morgan fingerprint density at radius 2 is 2.13 bits per heavy atom. The number of rotatable bonds is 6. The number of phenolic OH excluding ortho intramolecular Hbond substituents is 1. The molecule has 0 atom stereocenters. The van der Waals surface area contributed by atoms with Gasteiger partial charge in [-0.15, -0.1) is 0 Å². The van der Waals surface area contributed by atoms with Gasteiger partial charge in [0.1, 0.15) is 11.5 Å². The molecule has 0 fully saturated rings. The quantitative estimate of drug-likeness (QED) is 0.398. The van der Waals surface area contributed by atoms with Gasteiger partial charge >= 0.3 is 5.97 Å². The molecule has 2 aromatic heterocycles. The van der Waals surface area contributed by atoms with Crippen molar-refractivity contribution >= 4 is 41.2 Å². The van der Waals surface area contributed by atoms with Gasteiger partial charge in [-0.3, -0.25) is 0 Å². The normalized spacial score (nSPS) is 13.3. The number of allylic oxidation sites excluding steroid dienone is 1. The van der Waals surface area contributed by atoms with E-state index in [2.05, 4.69) is 15.3 Å². The molecule has 1 aliphatic rings. The summed E-state index contributed by atoms with van der Waals surface area (Å²) >= 11 is 0. The predicted octanol–water partition coefficient (Wildman–Crippen LogP) is 4.27. The van der Waals surface area contributed by atoms with E-state index in [0.29, 0.717) is 17.1 Å². The van der Waals surface area contributed by atoms with Gasteiger partial charge in [0.25, 0.3) is 0 Å². The minimum absolute atomic E-state index is 0.0247. The van der Waals surface area contributed by atoms with E-state index in [1.54, 1.807) is 43.6 Å². The molecule has 0 saturated heterocycles. The third-order valence-corrected chi connectivity index (χ3v) is 4.55. The van der Waals surface area contributed by atoms with Crippen molar-refractivity contribution in [1.82, 2.24) is 4.98 Å². The molecule has 0 saturated carbocycles. The molecule has 3 aromatic rings. The van der Waals surface area contributed by atoms with E-state index < -0.39 is 11.7 Å². The van der Waals surface area contributed by atoms with Crippen LogP contribution < -0.4 is 10.1 Å². The largest absolute Gasteiger partial charge is 0.506 e. The molecule has 31 heavy (non-hydrogen) atoms. The van der Waals surface area contributed by atoms with Gasteiger partial charge in [-0.25, -0.2) is 14.8 Å². The van der Waals surface area contributed by atoms with Crippen molar-refractivity contribution in [2.24, 2.45) is 4.99 Å². The first kappa shape index (κ1) is 20.0. The number of aromatic nitrogens is 1. The van der Waals surface area contributed by atoms with Crippen molar-refractivity contribution in [1.29, 1.82) is 0 Å². The number of benzene rings is 1. The van der Waals surface area contributed by atoms with Crippen molar-refractivity contribution in [3.8, 4) is 17.2 Å². The first-order chi connectivity index (χ1) is 15.0. The minimum atomic E-state index is -0.772. The third-order valence-electron chi connectivity index (χ3n) is 4.55. The molecule has 3 heterocycles. The molecule has 4 rings (SSSR count). The number of furan rings is 1.